The number of nitrogens with one attached hydrogen (secondary N) is 1. The average Bonchev–Trinajstić information content (AvgIpc) is 2.46. The Kier molecular flexibility index (Phi) is 2.13. The van der Waals surface area contributed by atoms with Crippen molar-refractivity contribution in [1.29, 1.82) is 0 Å². The first-order chi connectivity index (χ1) is 6.22. The molecule has 68 valence electrons. The van der Waals surface area contributed by atoms with Gasteiger partial charge in [0.25, 0.3) is 0 Å². The summed E-state index contributed by atoms with van der Waals surface area (Å²) in [5.41, 5.74) is 0.881. The maximum atomic E-state index is 5.71. The Bertz CT molecular complexity index is 453. The Morgan fingerprint density at radius 2 is 2.38 bits per heavy atom. The molecular formula is C7H6BrClN4. The van der Waals surface area contributed by atoms with Gasteiger partial charge in [-0.2, -0.15) is 4.98 Å². The van der Waals surface area contributed by atoms with Crippen LogP contribution in [0.1, 0.15) is 0 Å². The second-order valence-electron chi connectivity index (χ2n) is 2.44. The van der Waals surface area contributed by atoms with Crippen LogP contribution in [0.25, 0.3) is 5.52 Å². The molecule has 13 heavy (non-hydrogen) atoms. The normalized spacial score (nSPS) is 10.7. The lowest BCUT2D eigenvalue weighted by Crippen LogP contribution is -2.00. The van der Waals surface area contributed by atoms with Crippen molar-refractivity contribution in [2.75, 3.05) is 12.4 Å². The van der Waals surface area contributed by atoms with Gasteiger partial charge in [0.1, 0.15) is 5.52 Å². The number of rotatable bonds is 1. The number of anilines is 1. The Hall–Kier alpha value is -0.810. The van der Waals surface area contributed by atoms with Crippen molar-refractivity contribution in [2.24, 2.45) is 0 Å². The quantitative estimate of drug-likeness (QED) is 0.855. The van der Waals surface area contributed by atoms with E-state index in [0.717, 1.165) is 9.99 Å². The first-order valence-corrected chi connectivity index (χ1v) is 4.77. The number of nitrogens with zero attached hydrogens (tertiary/aromatic N) is 3. The molecule has 2 heterocycles. The van der Waals surface area contributed by atoms with Crippen LogP contribution in [0.15, 0.2) is 16.7 Å². The highest BCUT2D eigenvalue weighted by Gasteiger charge is 2.08. The molecular weight excluding hydrogens is 255 g/mol. The van der Waals surface area contributed by atoms with Gasteiger partial charge in [0.05, 0.1) is 0 Å². The van der Waals surface area contributed by atoms with E-state index in [1.165, 1.54) is 0 Å². The Morgan fingerprint density at radius 1 is 1.62 bits per heavy atom. The van der Waals surface area contributed by atoms with Gasteiger partial charge in [-0.3, -0.25) is 0 Å². The molecule has 2 aromatic rings. The van der Waals surface area contributed by atoms with E-state index in [1.54, 1.807) is 11.6 Å². The fourth-order valence-electron chi connectivity index (χ4n) is 1.13. The van der Waals surface area contributed by atoms with E-state index < -0.39 is 0 Å². The molecule has 0 spiro atoms. The molecule has 1 N–H and O–H groups in total. The second kappa shape index (κ2) is 3.16. The number of aromatic nitrogens is 3. The van der Waals surface area contributed by atoms with Crippen LogP contribution in [-0.4, -0.2) is 21.6 Å². The SMILES string of the molecule is CNc1nc(Cl)nn2ccc(Br)c12. The van der Waals surface area contributed by atoms with Crippen molar-refractivity contribution in [2.45, 2.75) is 0 Å². The van der Waals surface area contributed by atoms with Gasteiger partial charge in [-0.25, -0.2) is 4.52 Å². The largest absolute Gasteiger partial charge is 0.371 e. The summed E-state index contributed by atoms with van der Waals surface area (Å²) >= 11 is 9.11. The highest BCUT2D eigenvalue weighted by molar-refractivity contribution is 9.10. The van der Waals surface area contributed by atoms with Gasteiger partial charge >= 0.3 is 0 Å². The van der Waals surface area contributed by atoms with Gasteiger partial charge in [-0.1, -0.05) is 0 Å². The van der Waals surface area contributed by atoms with Crippen LogP contribution < -0.4 is 5.32 Å². The topological polar surface area (TPSA) is 42.2 Å². The summed E-state index contributed by atoms with van der Waals surface area (Å²) in [7, 11) is 1.79. The van der Waals surface area contributed by atoms with Gasteiger partial charge in [0.15, 0.2) is 5.82 Å². The zero-order chi connectivity index (χ0) is 9.42. The van der Waals surface area contributed by atoms with Gasteiger partial charge in [0.2, 0.25) is 5.28 Å². The number of hydrogen-bond donors (Lipinski definition) is 1. The maximum Gasteiger partial charge on any atom is 0.243 e. The van der Waals surface area contributed by atoms with Gasteiger partial charge in [-0.05, 0) is 33.6 Å². The molecule has 0 radical (unpaired) electrons. The second-order valence-corrected chi connectivity index (χ2v) is 3.63. The zero-order valence-corrected chi connectivity index (χ0v) is 9.09. The summed E-state index contributed by atoms with van der Waals surface area (Å²) in [4.78, 5) is 4.05. The van der Waals surface area contributed by atoms with Crippen LogP contribution in [0.2, 0.25) is 5.28 Å². The van der Waals surface area contributed by atoms with Crippen LogP contribution in [0.5, 0.6) is 0 Å². The van der Waals surface area contributed by atoms with Crippen molar-refractivity contribution in [3.8, 4) is 0 Å². The molecule has 0 saturated carbocycles. The monoisotopic (exact) mass is 260 g/mol. The predicted octanol–water partition coefficient (Wildman–Crippen LogP) is 2.19. The van der Waals surface area contributed by atoms with Crippen molar-refractivity contribution in [1.82, 2.24) is 14.6 Å². The predicted molar refractivity (Wildman–Crippen MR) is 55.2 cm³/mol. The molecule has 0 aliphatic carbocycles. The minimum atomic E-state index is 0.222. The van der Waals surface area contributed by atoms with Crippen molar-refractivity contribution >= 4 is 38.9 Å². The Balaban J connectivity index is 2.85. The van der Waals surface area contributed by atoms with E-state index in [4.69, 9.17) is 11.6 Å². The van der Waals surface area contributed by atoms with Gasteiger partial charge < -0.3 is 5.32 Å². The standard InChI is InChI=1S/C7H6BrClN4/c1-10-6-5-4(8)2-3-13(5)12-7(9)11-6/h2-3H,1H3,(H,10,11,12). The number of hydrogen-bond acceptors (Lipinski definition) is 3. The minimum absolute atomic E-state index is 0.222. The lowest BCUT2D eigenvalue weighted by Gasteiger charge is -2.02. The third-order valence-corrected chi connectivity index (χ3v) is 2.47. The van der Waals surface area contributed by atoms with E-state index in [2.05, 4.69) is 31.3 Å². The third-order valence-electron chi connectivity index (χ3n) is 1.67. The molecule has 0 fully saturated rings. The summed E-state index contributed by atoms with van der Waals surface area (Å²) in [6.07, 6.45) is 1.81. The number of fused-ring (bicyclic) bond motifs is 1. The summed E-state index contributed by atoms with van der Waals surface area (Å²) in [5.74, 6) is 0.705. The van der Waals surface area contributed by atoms with Gasteiger partial charge in [0, 0.05) is 17.7 Å². The lowest BCUT2D eigenvalue weighted by molar-refractivity contribution is 0.905. The van der Waals surface area contributed by atoms with Crippen LogP contribution in [0, 0.1) is 0 Å². The van der Waals surface area contributed by atoms with E-state index in [0.29, 0.717) is 5.82 Å². The molecule has 0 aromatic carbocycles. The molecule has 0 aliphatic rings. The summed E-state index contributed by atoms with van der Waals surface area (Å²) in [5, 5.41) is 7.18. The fraction of sp³-hybridized carbons (Fsp3) is 0.143. The fourth-order valence-corrected chi connectivity index (χ4v) is 1.79. The summed E-state index contributed by atoms with van der Waals surface area (Å²) in [6, 6.07) is 1.89. The average molecular weight is 262 g/mol. The molecule has 0 saturated heterocycles. The van der Waals surface area contributed by atoms with Crippen LogP contribution >= 0.6 is 27.5 Å². The first-order valence-electron chi connectivity index (χ1n) is 3.60. The first kappa shape index (κ1) is 8.77. The Labute approximate surface area is 88.0 Å². The molecule has 2 rings (SSSR count). The molecule has 0 bridgehead atoms. The Morgan fingerprint density at radius 3 is 3.08 bits per heavy atom. The molecule has 6 heteroatoms. The van der Waals surface area contributed by atoms with Crippen LogP contribution in [0.4, 0.5) is 5.82 Å². The summed E-state index contributed by atoms with van der Waals surface area (Å²) in [6.45, 7) is 0. The molecule has 0 atom stereocenters. The molecule has 0 aliphatic heterocycles. The van der Waals surface area contributed by atoms with Crippen molar-refractivity contribution < 1.29 is 0 Å². The summed E-state index contributed by atoms with van der Waals surface area (Å²) < 4.78 is 2.61. The van der Waals surface area contributed by atoms with E-state index >= 15 is 0 Å². The lowest BCUT2D eigenvalue weighted by atomic mass is 10.5. The smallest absolute Gasteiger partial charge is 0.243 e. The van der Waals surface area contributed by atoms with Gasteiger partial charge in [-0.15, -0.1) is 5.10 Å². The molecule has 2 aromatic heterocycles. The number of halogens is 2. The van der Waals surface area contributed by atoms with Crippen molar-refractivity contribution in [3.63, 3.8) is 0 Å². The van der Waals surface area contributed by atoms with Crippen molar-refractivity contribution in [3.05, 3.63) is 22.0 Å². The van der Waals surface area contributed by atoms with E-state index in [9.17, 15) is 0 Å². The highest BCUT2D eigenvalue weighted by Crippen LogP contribution is 2.24. The zero-order valence-electron chi connectivity index (χ0n) is 6.75. The maximum absolute atomic E-state index is 5.71. The van der Waals surface area contributed by atoms with Crippen LogP contribution in [-0.2, 0) is 0 Å². The van der Waals surface area contributed by atoms with E-state index in [1.807, 2.05) is 12.3 Å². The van der Waals surface area contributed by atoms with Crippen LogP contribution in [0.3, 0.4) is 0 Å². The van der Waals surface area contributed by atoms with E-state index in [-0.39, 0.29) is 5.28 Å². The molecule has 0 amide bonds. The highest BCUT2D eigenvalue weighted by atomic mass is 79.9. The molecule has 0 unspecified atom stereocenters. The third kappa shape index (κ3) is 1.38. The molecule has 4 nitrogen and oxygen atoms in total. The minimum Gasteiger partial charge on any atom is -0.371 e.